The van der Waals surface area contributed by atoms with Crippen LogP contribution in [0, 0.1) is 20.8 Å². The van der Waals surface area contributed by atoms with Crippen LogP contribution >= 0.6 is 15.9 Å². The fourth-order valence-electron chi connectivity index (χ4n) is 2.58. The van der Waals surface area contributed by atoms with Gasteiger partial charge in [-0.2, -0.15) is 0 Å². The second-order valence-corrected chi connectivity index (χ2v) is 7.08. The summed E-state index contributed by atoms with van der Waals surface area (Å²) in [5, 5.41) is 12.6. The summed E-state index contributed by atoms with van der Waals surface area (Å²) < 4.78 is 6.61. The number of carboxylic acid groups (broad SMARTS) is 1. The first-order chi connectivity index (χ1) is 11.9. The Bertz CT molecular complexity index is 759. The molecule has 0 heterocycles. The van der Waals surface area contributed by atoms with Crippen molar-refractivity contribution in [2.24, 2.45) is 0 Å². The molecule has 2 aromatic carbocycles. The summed E-state index contributed by atoms with van der Waals surface area (Å²) in [6.45, 7) is 7.31. The van der Waals surface area contributed by atoms with Crippen LogP contribution in [0.4, 0.5) is 5.69 Å². The lowest BCUT2D eigenvalue weighted by Crippen LogP contribution is -2.10. The third kappa shape index (κ3) is 5.49. The lowest BCUT2D eigenvalue weighted by molar-refractivity contribution is 0.0697. The summed E-state index contributed by atoms with van der Waals surface area (Å²) in [5.74, 6) is 0.00700. The number of ether oxygens (including phenoxy) is 1. The van der Waals surface area contributed by atoms with Crippen LogP contribution in [0.5, 0.6) is 5.75 Å². The molecule has 0 atom stereocenters. The Morgan fingerprint density at radius 3 is 2.60 bits per heavy atom. The highest BCUT2D eigenvalue weighted by Gasteiger charge is 2.13. The summed E-state index contributed by atoms with van der Waals surface area (Å²) in [4.78, 5) is 11.4. The molecular formula is C20H24BrNO3. The van der Waals surface area contributed by atoms with E-state index in [4.69, 9.17) is 4.74 Å². The van der Waals surface area contributed by atoms with Crippen LogP contribution in [0.15, 0.2) is 34.8 Å². The van der Waals surface area contributed by atoms with Crippen LogP contribution < -0.4 is 10.1 Å². The highest BCUT2D eigenvalue weighted by molar-refractivity contribution is 9.10. The van der Waals surface area contributed by atoms with E-state index in [2.05, 4.69) is 46.4 Å². The first-order valence-electron chi connectivity index (χ1n) is 8.36. The van der Waals surface area contributed by atoms with E-state index in [0.717, 1.165) is 34.2 Å². The SMILES string of the molecule is Cc1ccc(C)c(OCCCCNc2c(Br)cc(C)cc2C(=O)O)c1. The van der Waals surface area contributed by atoms with Gasteiger partial charge < -0.3 is 15.2 Å². The zero-order chi connectivity index (χ0) is 18.4. The molecule has 2 aromatic rings. The number of hydrogen-bond donors (Lipinski definition) is 2. The quantitative estimate of drug-likeness (QED) is 0.581. The largest absolute Gasteiger partial charge is 0.493 e. The standard InChI is InChI=1S/C20H24BrNO3/c1-13-6-7-15(3)18(12-13)25-9-5-4-8-22-19-16(20(23)24)10-14(2)11-17(19)21/h6-7,10-12,22H,4-5,8-9H2,1-3H3,(H,23,24). The van der Waals surface area contributed by atoms with E-state index in [-0.39, 0.29) is 0 Å². The van der Waals surface area contributed by atoms with Crippen LogP contribution in [0.3, 0.4) is 0 Å². The van der Waals surface area contributed by atoms with Crippen LogP contribution in [0.2, 0.25) is 0 Å². The smallest absolute Gasteiger partial charge is 0.337 e. The number of nitrogens with one attached hydrogen (secondary N) is 1. The second-order valence-electron chi connectivity index (χ2n) is 6.23. The van der Waals surface area contributed by atoms with E-state index < -0.39 is 5.97 Å². The third-order valence-corrected chi connectivity index (χ3v) is 4.56. The van der Waals surface area contributed by atoms with Crippen molar-refractivity contribution in [3.63, 3.8) is 0 Å². The summed E-state index contributed by atoms with van der Waals surface area (Å²) >= 11 is 3.44. The van der Waals surface area contributed by atoms with Crippen molar-refractivity contribution in [1.82, 2.24) is 0 Å². The van der Waals surface area contributed by atoms with E-state index in [1.54, 1.807) is 6.07 Å². The van der Waals surface area contributed by atoms with Gasteiger partial charge in [-0.3, -0.25) is 0 Å². The monoisotopic (exact) mass is 405 g/mol. The number of benzene rings is 2. The fourth-order valence-corrected chi connectivity index (χ4v) is 3.29. The summed E-state index contributed by atoms with van der Waals surface area (Å²) in [6.07, 6.45) is 1.79. The van der Waals surface area contributed by atoms with Crippen molar-refractivity contribution in [3.8, 4) is 5.75 Å². The van der Waals surface area contributed by atoms with Crippen LogP contribution in [-0.2, 0) is 0 Å². The molecule has 4 nitrogen and oxygen atoms in total. The minimum Gasteiger partial charge on any atom is -0.493 e. The Balaban J connectivity index is 1.82. The Morgan fingerprint density at radius 2 is 1.88 bits per heavy atom. The second kappa shape index (κ2) is 8.90. The van der Waals surface area contributed by atoms with Gasteiger partial charge in [0.25, 0.3) is 0 Å². The molecule has 0 aromatic heterocycles. The highest BCUT2D eigenvalue weighted by Crippen LogP contribution is 2.28. The fraction of sp³-hybridized carbons (Fsp3) is 0.350. The minimum atomic E-state index is -0.926. The van der Waals surface area contributed by atoms with Crippen molar-refractivity contribution in [1.29, 1.82) is 0 Å². The number of anilines is 1. The molecule has 0 bridgehead atoms. The number of unbranched alkanes of at least 4 members (excludes halogenated alkanes) is 1. The molecule has 0 saturated heterocycles. The molecule has 134 valence electrons. The van der Waals surface area contributed by atoms with Crippen LogP contribution in [0.25, 0.3) is 0 Å². The molecule has 0 aliphatic rings. The molecule has 0 aliphatic heterocycles. The van der Waals surface area contributed by atoms with Gasteiger partial charge >= 0.3 is 5.97 Å². The van der Waals surface area contributed by atoms with E-state index in [1.807, 2.05) is 19.9 Å². The molecule has 0 radical (unpaired) electrons. The molecule has 0 saturated carbocycles. The average molecular weight is 406 g/mol. The third-order valence-electron chi connectivity index (χ3n) is 3.94. The van der Waals surface area contributed by atoms with E-state index in [0.29, 0.717) is 24.4 Å². The zero-order valence-corrected chi connectivity index (χ0v) is 16.4. The van der Waals surface area contributed by atoms with Crippen LogP contribution in [-0.4, -0.2) is 24.2 Å². The van der Waals surface area contributed by atoms with Gasteiger partial charge in [0.15, 0.2) is 0 Å². The summed E-state index contributed by atoms with van der Waals surface area (Å²) in [5.41, 5.74) is 4.16. The number of aryl methyl sites for hydroxylation is 3. The van der Waals surface area contributed by atoms with Crippen LogP contribution in [0.1, 0.15) is 39.9 Å². The Hall–Kier alpha value is -2.01. The molecule has 0 aliphatic carbocycles. The first-order valence-corrected chi connectivity index (χ1v) is 9.15. The Morgan fingerprint density at radius 1 is 1.12 bits per heavy atom. The summed E-state index contributed by atoms with van der Waals surface area (Å²) in [7, 11) is 0. The number of carbonyl (C=O) groups is 1. The maximum Gasteiger partial charge on any atom is 0.337 e. The normalized spacial score (nSPS) is 10.6. The van der Waals surface area contributed by atoms with Gasteiger partial charge in [0.2, 0.25) is 0 Å². The lowest BCUT2D eigenvalue weighted by atomic mass is 10.1. The maximum atomic E-state index is 11.4. The number of rotatable bonds is 8. The number of carboxylic acids is 1. The van der Waals surface area contributed by atoms with Gasteiger partial charge in [-0.1, -0.05) is 12.1 Å². The van der Waals surface area contributed by atoms with Gasteiger partial charge in [-0.15, -0.1) is 0 Å². The van der Waals surface area contributed by atoms with Crippen molar-refractivity contribution in [3.05, 3.63) is 57.1 Å². The Labute approximate surface area is 157 Å². The molecule has 0 fully saturated rings. The maximum absolute atomic E-state index is 11.4. The van der Waals surface area contributed by atoms with Gasteiger partial charge in [0, 0.05) is 11.0 Å². The molecule has 0 spiro atoms. The lowest BCUT2D eigenvalue weighted by Gasteiger charge is -2.13. The van der Waals surface area contributed by atoms with Gasteiger partial charge in [0.05, 0.1) is 17.9 Å². The molecule has 2 rings (SSSR count). The predicted molar refractivity (Wildman–Crippen MR) is 105 cm³/mol. The van der Waals surface area contributed by atoms with Crippen molar-refractivity contribution in [2.75, 3.05) is 18.5 Å². The minimum absolute atomic E-state index is 0.290. The average Bonchev–Trinajstić information content (AvgIpc) is 2.54. The highest BCUT2D eigenvalue weighted by atomic mass is 79.9. The molecule has 0 unspecified atom stereocenters. The summed E-state index contributed by atoms with van der Waals surface area (Å²) in [6, 6.07) is 9.79. The number of halogens is 1. The van der Waals surface area contributed by atoms with Gasteiger partial charge in [-0.05, 0) is 84.4 Å². The predicted octanol–water partition coefficient (Wildman–Crippen LogP) is 5.34. The van der Waals surface area contributed by atoms with E-state index in [9.17, 15) is 9.90 Å². The topological polar surface area (TPSA) is 58.6 Å². The number of hydrogen-bond acceptors (Lipinski definition) is 3. The first kappa shape index (κ1) is 19.3. The zero-order valence-electron chi connectivity index (χ0n) is 14.9. The number of aromatic carboxylic acids is 1. The molecule has 2 N–H and O–H groups in total. The molecule has 25 heavy (non-hydrogen) atoms. The van der Waals surface area contributed by atoms with Crippen molar-refractivity contribution >= 4 is 27.6 Å². The molecule has 0 amide bonds. The van der Waals surface area contributed by atoms with Gasteiger partial charge in [-0.25, -0.2) is 4.79 Å². The molecular weight excluding hydrogens is 382 g/mol. The van der Waals surface area contributed by atoms with Crippen molar-refractivity contribution in [2.45, 2.75) is 33.6 Å². The van der Waals surface area contributed by atoms with E-state index in [1.165, 1.54) is 5.56 Å². The molecule has 5 heteroatoms. The van der Waals surface area contributed by atoms with E-state index >= 15 is 0 Å². The van der Waals surface area contributed by atoms with Crippen molar-refractivity contribution < 1.29 is 14.6 Å². The van der Waals surface area contributed by atoms with Gasteiger partial charge in [0.1, 0.15) is 5.75 Å². The Kier molecular flexibility index (Phi) is 6.88.